The van der Waals surface area contributed by atoms with Crippen molar-refractivity contribution in [2.75, 3.05) is 20.4 Å². The van der Waals surface area contributed by atoms with E-state index < -0.39 is 16.0 Å². The van der Waals surface area contributed by atoms with E-state index in [1.54, 1.807) is 26.1 Å². The largest absolute Gasteiger partial charge is 0.384 e. The first-order chi connectivity index (χ1) is 17.4. The number of ether oxygens (including phenoxy) is 1. The molecule has 0 fully saturated rings. The second-order valence-corrected chi connectivity index (χ2v) is 11.9. The van der Waals surface area contributed by atoms with Crippen LogP contribution in [-0.4, -0.2) is 69.6 Å². The maximum atomic E-state index is 13.6. The number of ketones is 1. The number of hydrogen-bond donors (Lipinski definition) is 4. The Labute approximate surface area is 224 Å². The third-order valence-corrected chi connectivity index (χ3v) is 7.64. The van der Waals surface area contributed by atoms with Gasteiger partial charge in [-0.3, -0.25) is 28.6 Å². The van der Waals surface area contributed by atoms with Gasteiger partial charge in [0.2, 0.25) is 0 Å². The Morgan fingerprint density at radius 3 is 2.54 bits per heavy atom. The molecule has 37 heavy (non-hydrogen) atoms. The molecule has 0 bridgehead atoms. The first-order valence-electron chi connectivity index (χ1n) is 12.8. The molecular formula is C27H47N5O4S. The molecule has 210 valence electrons. The van der Waals surface area contributed by atoms with E-state index in [2.05, 4.69) is 40.0 Å². The molecule has 0 aromatic carbocycles. The van der Waals surface area contributed by atoms with Crippen LogP contribution in [0.5, 0.6) is 0 Å². The molecule has 1 unspecified atom stereocenters. The molecule has 10 heteroatoms. The molecule has 0 radical (unpaired) electrons. The molecule has 0 saturated heterocycles. The van der Waals surface area contributed by atoms with Crippen molar-refractivity contribution in [3.8, 4) is 0 Å². The molecule has 0 aromatic heterocycles. The van der Waals surface area contributed by atoms with Crippen molar-refractivity contribution in [3.63, 3.8) is 0 Å². The topological polar surface area (TPSA) is 133 Å². The first kappa shape index (κ1) is 32.6. The van der Waals surface area contributed by atoms with Crippen molar-refractivity contribution in [3.05, 3.63) is 47.3 Å². The minimum atomic E-state index is -3.09. The third-order valence-electron chi connectivity index (χ3n) is 5.77. The summed E-state index contributed by atoms with van der Waals surface area (Å²) in [6, 6.07) is 0.245. The second kappa shape index (κ2) is 15.8. The molecule has 1 rings (SSSR count). The maximum Gasteiger partial charge on any atom is 0.182 e. The van der Waals surface area contributed by atoms with Crippen LogP contribution in [0.1, 0.15) is 67.2 Å². The molecule has 0 spiro atoms. The number of allylic oxidation sites excluding steroid dienone is 3. The number of nitrogens with one attached hydrogen (secondary N) is 1. The van der Waals surface area contributed by atoms with Gasteiger partial charge >= 0.3 is 0 Å². The van der Waals surface area contributed by atoms with Crippen LogP contribution in [0.15, 0.2) is 57.3 Å². The highest BCUT2D eigenvalue weighted by atomic mass is 32.3. The number of carbonyl (C=O) groups is 1. The van der Waals surface area contributed by atoms with Gasteiger partial charge in [-0.15, -0.1) is 10.8 Å². The summed E-state index contributed by atoms with van der Waals surface area (Å²) in [5.41, 5.74) is 8.41. The standard InChI is InChI=1S/C27H47N5O4S/c1-9-11-23(10-2)32-17-26(33)25(13-12-24(32)15-27(28)30-19(3)4)22(16-29-18-36-8)14-21(7)31-37(34,35)20(5)6/h13-16,19-20,23,31,34-35H,7,9-12,17-18H2,1-6,8H3,(H2,28,30)/b22-14+,24-15+,29-16-. The zero-order chi connectivity index (χ0) is 28.2. The molecule has 0 saturated carbocycles. The van der Waals surface area contributed by atoms with Crippen molar-refractivity contribution in [2.45, 2.75) is 84.6 Å². The van der Waals surface area contributed by atoms with Gasteiger partial charge in [-0.2, -0.15) is 0 Å². The summed E-state index contributed by atoms with van der Waals surface area (Å²) in [5, 5.41) is -0.411. The molecular weight excluding hydrogens is 490 g/mol. The molecule has 1 aliphatic rings. The van der Waals surface area contributed by atoms with Gasteiger partial charge in [0.1, 0.15) is 12.6 Å². The highest BCUT2D eigenvalue weighted by Crippen LogP contribution is 2.40. The van der Waals surface area contributed by atoms with E-state index in [1.165, 1.54) is 7.11 Å². The van der Waals surface area contributed by atoms with Crippen molar-refractivity contribution in [1.82, 2.24) is 9.62 Å². The van der Waals surface area contributed by atoms with Crippen molar-refractivity contribution < 1.29 is 18.6 Å². The Bertz CT molecular complexity index is 935. The minimum Gasteiger partial charge on any atom is -0.384 e. The molecule has 0 amide bonds. The third kappa shape index (κ3) is 10.9. The zero-order valence-corrected chi connectivity index (χ0v) is 24.3. The summed E-state index contributed by atoms with van der Waals surface area (Å²) in [6.07, 6.45) is 10.2. The van der Waals surface area contributed by atoms with E-state index in [0.717, 1.165) is 25.0 Å². The van der Waals surface area contributed by atoms with Gasteiger partial charge in [-0.25, -0.2) is 0 Å². The summed E-state index contributed by atoms with van der Waals surface area (Å²) in [7, 11) is -1.56. The monoisotopic (exact) mass is 537 g/mol. The lowest BCUT2D eigenvalue weighted by atomic mass is 10.0. The summed E-state index contributed by atoms with van der Waals surface area (Å²) in [5.74, 6) is 0.357. The number of nitrogens with two attached hydrogens (primary N) is 1. The number of nitrogens with zero attached hydrogens (tertiary/aromatic N) is 3. The number of carbonyl (C=O) groups excluding carboxylic acids is 1. The summed E-state index contributed by atoms with van der Waals surface area (Å²) in [6.45, 7) is 15.8. The summed E-state index contributed by atoms with van der Waals surface area (Å²) < 4.78 is 28.4. The first-order valence-corrected chi connectivity index (χ1v) is 14.4. The van der Waals surface area contributed by atoms with E-state index in [9.17, 15) is 13.9 Å². The van der Waals surface area contributed by atoms with Crippen molar-refractivity contribution in [2.24, 2.45) is 15.7 Å². The lowest BCUT2D eigenvalue weighted by Crippen LogP contribution is -2.38. The van der Waals surface area contributed by atoms with E-state index in [-0.39, 0.29) is 36.8 Å². The predicted octanol–water partition coefficient (Wildman–Crippen LogP) is 5.19. The summed E-state index contributed by atoms with van der Waals surface area (Å²) in [4.78, 5) is 24.5. The van der Waals surface area contributed by atoms with Crippen LogP contribution in [0.2, 0.25) is 0 Å². The van der Waals surface area contributed by atoms with Crippen LogP contribution in [0.4, 0.5) is 0 Å². The fourth-order valence-electron chi connectivity index (χ4n) is 3.91. The molecule has 1 atom stereocenters. The van der Waals surface area contributed by atoms with Crippen LogP contribution in [0.25, 0.3) is 0 Å². The smallest absolute Gasteiger partial charge is 0.182 e. The highest BCUT2D eigenvalue weighted by molar-refractivity contribution is 8.23. The van der Waals surface area contributed by atoms with Gasteiger partial charge in [-0.05, 0) is 52.7 Å². The minimum absolute atomic E-state index is 0.0598. The predicted molar refractivity (Wildman–Crippen MR) is 157 cm³/mol. The zero-order valence-electron chi connectivity index (χ0n) is 23.5. The highest BCUT2D eigenvalue weighted by Gasteiger charge is 2.27. The second-order valence-electron chi connectivity index (χ2n) is 9.61. The van der Waals surface area contributed by atoms with Crippen molar-refractivity contribution >= 4 is 28.6 Å². The van der Waals surface area contributed by atoms with Crippen molar-refractivity contribution in [1.29, 1.82) is 0 Å². The van der Waals surface area contributed by atoms with Gasteiger partial charge in [-0.1, -0.05) is 32.9 Å². The van der Waals surface area contributed by atoms with Gasteiger partial charge in [0, 0.05) is 54.4 Å². The van der Waals surface area contributed by atoms with Crippen LogP contribution in [0, 0.1) is 0 Å². The molecule has 1 aliphatic heterocycles. The van der Waals surface area contributed by atoms with Crippen LogP contribution < -0.4 is 10.5 Å². The fraction of sp³-hybridized carbons (Fsp3) is 0.593. The summed E-state index contributed by atoms with van der Waals surface area (Å²) >= 11 is 0. The number of amidine groups is 1. The SMILES string of the molecule is C=C(/C=C(\C=N/COC)C1=CC/C(=C\C(N)=NC(C)C)N(C(CC)CCC)CC1=O)NS(O)(O)C(C)C. The average molecular weight is 538 g/mol. The molecule has 5 N–H and O–H groups in total. The molecule has 0 aliphatic carbocycles. The van der Waals surface area contributed by atoms with Gasteiger partial charge < -0.3 is 15.4 Å². The molecule has 9 nitrogen and oxygen atoms in total. The van der Waals surface area contributed by atoms with Crippen LogP contribution >= 0.6 is 10.8 Å². The van der Waals surface area contributed by atoms with E-state index >= 15 is 0 Å². The Morgan fingerprint density at radius 2 is 2.00 bits per heavy atom. The molecule has 0 aromatic rings. The van der Waals surface area contributed by atoms with E-state index in [4.69, 9.17) is 10.5 Å². The van der Waals surface area contributed by atoms with Crippen LogP contribution in [-0.2, 0) is 9.53 Å². The average Bonchev–Trinajstić information content (AvgIpc) is 2.94. The van der Waals surface area contributed by atoms with Gasteiger partial charge in [0.05, 0.1) is 11.8 Å². The van der Waals surface area contributed by atoms with Gasteiger partial charge in [0.15, 0.2) is 5.78 Å². The number of rotatable bonds is 14. The fourth-order valence-corrected chi connectivity index (χ4v) is 4.59. The van der Waals surface area contributed by atoms with E-state index in [0.29, 0.717) is 23.4 Å². The van der Waals surface area contributed by atoms with Crippen LogP contribution in [0.3, 0.4) is 0 Å². The number of methoxy groups -OCH3 is 1. The lowest BCUT2D eigenvalue weighted by Gasteiger charge is -2.37. The number of hydrogen-bond acceptors (Lipinski definition) is 8. The Balaban J connectivity index is 3.55. The normalized spacial score (nSPS) is 18.6. The van der Waals surface area contributed by atoms with E-state index in [1.807, 2.05) is 26.0 Å². The molecule has 1 heterocycles. The maximum absolute atomic E-state index is 13.6. The number of aliphatic imine (C=N–C) groups is 2. The quantitative estimate of drug-likeness (QED) is 0.136. The Morgan fingerprint density at radius 1 is 1.32 bits per heavy atom. The lowest BCUT2D eigenvalue weighted by molar-refractivity contribution is -0.116. The Hall–Kier alpha value is -2.40. The van der Waals surface area contributed by atoms with Gasteiger partial charge in [0.25, 0.3) is 0 Å². The number of Topliss-reactive ketones (excluding diaryl/α,β-unsaturated/α-hetero) is 1. The Kier molecular flexibility index (Phi) is 13.9.